The highest BCUT2D eigenvalue weighted by Gasteiger charge is 2.31. The van der Waals surface area contributed by atoms with Gasteiger partial charge in [0.15, 0.2) is 0 Å². The Hall–Kier alpha value is -1.43. The minimum absolute atomic E-state index is 0.0500. The molecule has 6 nitrogen and oxygen atoms in total. The van der Waals surface area contributed by atoms with E-state index in [1.165, 1.54) is 0 Å². The second kappa shape index (κ2) is 4.61. The van der Waals surface area contributed by atoms with Gasteiger partial charge in [0, 0.05) is 20.6 Å². The number of methoxy groups -OCH3 is 1. The largest absolute Gasteiger partial charge is 0.420 e. The summed E-state index contributed by atoms with van der Waals surface area (Å²) in [6, 6.07) is -0.0596. The summed E-state index contributed by atoms with van der Waals surface area (Å²) in [5, 5.41) is 7.82. The van der Waals surface area contributed by atoms with Crippen molar-refractivity contribution in [3.63, 3.8) is 0 Å². The highest BCUT2D eigenvalue weighted by Crippen LogP contribution is 2.30. The quantitative estimate of drug-likeness (QED) is 0.764. The number of ether oxygens (including phenoxy) is 1. The first-order chi connectivity index (χ1) is 7.72. The molecule has 1 saturated heterocycles. The fraction of sp³-hybridized carbons (Fsp3) is 0.700. The summed E-state index contributed by atoms with van der Waals surface area (Å²) in [7, 11) is 1.57. The van der Waals surface area contributed by atoms with Crippen LogP contribution in [0.3, 0.4) is 0 Å². The number of amides is 1. The Morgan fingerprint density at radius 2 is 2.44 bits per heavy atom. The molecule has 0 aliphatic carbocycles. The van der Waals surface area contributed by atoms with Crippen LogP contribution in [0.1, 0.15) is 37.6 Å². The minimum atomic E-state index is -0.0596. The topological polar surface area (TPSA) is 68.5 Å². The average Bonchev–Trinajstić information content (AvgIpc) is 2.83. The van der Waals surface area contributed by atoms with E-state index in [1.807, 2.05) is 0 Å². The Bertz CT molecular complexity index is 377. The lowest BCUT2D eigenvalue weighted by atomic mass is 10.2. The first kappa shape index (κ1) is 11.1. The molecule has 88 valence electrons. The first-order valence-electron chi connectivity index (χ1n) is 5.31. The van der Waals surface area contributed by atoms with Gasteiger partial charge in [-0.1, -0.05) is 0 Å². The number of carbonyl (C=O) groups excluding carboxylic acids is 1. The number of rotatable bonds is 3. The van der Waals surface area contributed by atoms with Crippen molar-refractivity contribution in [1.29, 1.82) is 0 Å². The second-order valence-corrected chi connectivity index (χ2v) is 3.84. The highest BCUT2D eigenvalue weighted by atomic mass is 16.5. The van der Waals surface area contributed by atoms with Gasteiger partial charge in [-0.15, -0.1) is 10.2 Å². The fourth-order valence-electron chi connectivity index (χ4n) is 1.98. The minimum Gasteiger partial charge on any atom is -0.420 e. The van der Waals surface area contributed by atoms with Crippen LogP contribution in [0.5, 0.6) is 0 Å². The molecular weight excluding hydrogens is 210 g/mol. The van der Waals surface area contributed by atoms with Crippen LogP contribution in [0.2, 0.25) is 0 Å². The number of aromatic nitrogens is 2. The maximum atomic E-state index is 11.4. The molecule has 16 heavy (non-hydrogen) atoms. The Morgan fingerprint density at radius 3 is 3.12 bits per heavy atom. The van der Waals surface area contributed by atoms with Crippen LogP contribution in [0.15, 0.2) is 4.42 Å². The smallest absolute Gasteiger partial charge is 0.242 e. The van der Waals surface area contributed by atoms with Gasteiger partial charge in [-0.05, 0) is 12.8 Å². The highest BCUT2D eigenvalue weighted by molar-refractivity contribution is 5.73. The lowest BCUT2D eigenvalue weighted by molar-refractivity contribution is -0.130. The lowest BCUT2D eigenvalue weighted by Crippen LogP contribution is -2.28. The molecule has 1 fully saturated rings. The molecule has 0 spiro atoms. The molecule has 1 aliphatic rings. The Kier molecular flexibility index (Phi) is 3.19. The molecule has 1 aromatic heterocycles. The maximum absolute atomic E-state index is 11.4. The summed E-state index contributed by atoms with van der Waals surface area (Å²) in [4.78, 5) is 13.1. The number of nitrogens with zero attached hydrogens (tertiary/aromatic N) is 3. The summed E-state index contributed by atoms with van der Waals surface area (Å²) in [6.07, 6.45) is 1.86. The third-order valence-corrected chi connectivity index (χ3v) is 2.69. The van der Waals surface area contributed by atoms with Crippen LogP contribution in [-0.4, -0.2) is 34.7 Å². The standard InChI is InChI=1S/C10H15N3O3/c1-7(14)13-5-3-4-8(13)10-12-11-9(16-10)6-15-2/h8H,3-6H2,1-2H3/t8-/m1/s1. The van der Waals surface area contributed by atoms with Gasteiger partial charge >= 0.3 is 0 Å². The first-order valence-corrected chi connectivity index (χ1v) is 5.31. The van der Waals surface area contributed by atoms with Crippen molar-refractivity contribution < 1.29 is 13.9 Å². The number of hydrogen-bond donors (Lipinski definition) is 0. The van der Waals surface area contributed by atoms with Gasteiger partial charge in [0.05, 0.1) is 0 Å². The lowest BCUT2D eigenvalue weighted by Gasteiger charge is -2.19. The van der Waals surface area contributed by atoms with E-state index >= 15 is 0 Å². The molecule has 0 saturated carbocycles. The molecule has 0 N–H and O–H groups in total. The zero-order chi connectivity index (χ0) is 11.5. The van der Waals surface area contributed by atoms with Crippen molar-refractivity contribution >= 4 is 5.91 Å². The van der Waals surface area contributed by atoms with Crippen molar-refractivity contribution in [3.05, 3.63) is 11.8 Å². The Labute approximate surface area is 93.6 Å². The zero-order valence-corrected chi connectivity index (χ0v) is 9.47. The second-order valence-electron chi connectivity index (χ2n) is 3.84. The monoisotopic (exact) mass is 225 g/mol. The SMILES string of the molecule is COCc1nnc([C@H]2CCCN2C(C)=O)o1. The molecule has 1 aliphatic heterocycles. The van der Waals surface area contributed by atoms with Gasteiger partial charge < -0.3 is 14.1 Å². The summed E-state index contributed by atoms with van der Waals surface area (Å²) in [5.74, 6) is 1.02. The van der Waals surface area contributed by atoms with E-state index in [1.54, 1.807) is 18.9 Å². The number of carbonyl (C=O) groups is 1. The summed E-state index contributed by atoms with van der Waals surface area (Å²) in [5.41, 5.74) is 0. The third kappa shape index (κ3) is 2.06. The Morgan fingerprint density at radius 1 is 1.62 bits per heavy atom. The van der Waals surface area contributed by atoms with Gasteiger partial charge in [0.25, 0.3) is 0 Å². The normalized spacial score (nSPS) is 20.4. The predicted molar refractivity (Wildman–Crippen MR) is 54.4 cm³/mol. The fourth-order valence-corrected chi connectivity index (χ4v) is 1.98. The summed E-state index contributed by atoms with van der Waals surface area (Å²) < 4.78 is 10.3. The van der Waals surface area contributed by atoms with E-state index in [2.05, 4.69) is 10.2 Å². The van der Waals surface area contributed by atoms with Crippen LogP contribution in [0.4, 0.5) is 0 Å². The van der Waals surface area contributed by atoms with Crippen LogP contribution in [-0.2, 0) is 16.1 Å². The molecule has 1 amide bonds. The van der Waals surface area contributed by atoms with Gasteiger partial charge in [-0.25, -0.2) is 0 Å². The predicted octanol–water partition coefficient (Wildman–Crippen LogP) is 0.899. The van der Waals surface area contributed by atoms with E-state index in [-0.39, 0.29) is 11.9 Å². The van der Waals surface area contributed by atoms with Gasteiger partial charge in [0.1, 0.15) is 12.6 Å². The van der Waals surface area contributed by atoms with Crippen LogP contribution in [0, 0.1) is 0 Å². The van der Waals surface area contributed by atoms with Crippen molar-refractivity contribution in [2.75, 3.05) is 13.7 Å². The van der Waals surface area contributed by atoms with Crippen molar-refractivity contribution in [1.82, 2.24) is 15.1 Å². The molecule has 2 rings (SSSR count). The van der Waals surface area contributed by atoms with Crippen LogP contribution in [0.25, 0.3) is 0 Å². The zero-order valence-electron chi connectivity index (χ0n) is 9.47. The molecule has 2 heterocycles. The van der Waals surface area contributed by atoms with E-state index in [4.69, 9.17) is 9.15 Å². The molecule has 1 aromatic rings. The van der Waals surface area contributed by atoms with Gasteiger partial charge in [-0.3, -0.25) is 4.79 Å². The summed E-state index contributed by atoms with van der Waals surface area (Å²) in [6.45, 7) is 2.63. The molecule has 1 atom stereocenters. The molecule has 6 heteroatoms. The van der Waals surface area contributed by atoms with E-state index < -0.39 is 0 Å². The molecule has 0 aromatic carbocycles. The van der Waals surface area contributed by atoms with Crippen molar-refractivity contribution in [3.8, 4) is 0 Å². The molecular formula is C10H15N3O3. The number of hydrogen-bond acceptors (Lipinski definition) is 5. The maximum Gasteiger partial charge on any atom is 0.242 e. The van der Waals surface area contributed by atoms with Crippen molar-refractivity contribution in [2.24, 2.45) is 0 Å². The molecule has 0 radical (unpaired) electrons. The van der Waals surface area contributed by atoms with Gasteiger partial charge in [0.2, 0.25) is 17.7 Å². The molecule has 0 unspecified atom stereocenters. The van der Waals surface area contributed by atoms with Gasteiger partial charge in [-0.2, -0.15) is 0 Å². The van der Waals surface area contributed by atoms with Crippen LogP contribution < -0.4 is 0 Å². The van der Waals surface area contributed by atoms with E-state index in [0.717, 1.165) is 19.4 Å². The number of likely N-dealkylation sites (tertiary alicyclic amines) is 1. The van der Waals surface area contributed by atoms with E-state index in [0.29, 0.717) is 18.4 Å². The van der Waals surface area contributed by atoms with E-state index in [9.17, 15) is 4.79 Å². The molecule has 0 bridgehead atoms. The van der Waals surface area contributed by atoms with Crippen LogP contribution >= 0.6 is 0 Å². The average molecular weight is 225 g/mol. The van der Waals surface area contributed by atoms with Crippen molar-refractivity contribution in [2.45, 2.75) is 32.4 Å². The Balaban J connectivity index is 2.13. The summed E-state index contributed by atoms with van der Waals surface area (Å²) >= 11 is 0. The third-order valence-electron chi connectivity index (χ3n) is 2.69.